The molecule has 0 bridgehead atoms. The first-order chi connectivity index (χ1) is 17.6. The van der Waals surface area contributed by atoms with Crippen molar-refractivity contribution in [1.29, 1.82) is 0 Å². The molecule has 0 spiro atoms. The number of nitrogens with one attached hydrogen (secondary N) is 2. The van der Waals surface area contributed by atoms with Crippen LogP contribution in [0.1, 0.15) is 36.0 Å². The molecule has 1 fully saturated rings. The number of nitrogens with zero attached hydrogens (tertiary/aromatic N) is 3. The Hall–Kier alpha value is -3.45. The largest absolute Gasteiger partial charge is 0.362 e. The summed E-state index contributed by atoms with van der Waals surface area (Å²) in [5.74, 6) is 2.77. The minimum atomic E-state index is 0.0154. The molecule has 6 nitrogen and oxygen atoms in total. The molecule has 0 unspecified atom stereocenters. The van der Waals surface area contributed by atoms with Crippen LogP contribution in [0.5, 0.6) is 0 Å². The van der Waals surface area contributed by atoms with E-state index >= 15 is 0 Å². The Bertz CT molecular complexity index is 1300. The number of carbonyl (C=O) groups is 1. The standard InChI is InChI=1S/C29H33N5OS/c1-34(2)27-24-6-3-4-7-25(24)32-29(33-27)31-19-21-11-9-20(10-12-21)18-30-28(35)23-15-13-22(14-16-23)26-8-5-17-36-26/h3-8,13-17,20-21H,9-12,18-19H2,1-2H3,(H,30,35)(H,31,32,33). The zero-order valence-electron chi connectivity index (χ0n) is 20.9. The Morgan fingerprint density at radius 2 is 1.64 bits per heavy atom. The number of carbonyl (C=O) groups excluding carboxylic acids is 1. The average molecular weight is 500 g/mol. The lowest BCUT2D eigenvalue weighted by atomic mass is 9.82. The van der Waals surface area contributed by atoms with E-state index in [-0.39, 0.29) is 5.91 Å². The van der Waals surface area contributed by atoms with Crippen molar-refractivity contribution in [2.75, 3.05) is 37.4 Å². The summed E-state index contributed by atoms with van der Waals surface area (Å²) < 4.78 is 0. The first-order valence-electron chi connectivity index (χ1n) is 12.7. The third-order valence-corrected chi connectivity index (χ3v) is 7.94. The highest BCUT2D eigenvalue weighted by atomic mass is 32.1. The molecule has 0 atom stereocenters. The number of amides is 1. The zero-order valence-corrected chi connectivity index (χ0v) is 21.7. The Balaban J connectivity index is 1.08. The quantitative estimate of drug-likeness (QED) is 0.308. The van der Waals surface area contributed by atoms with Crippen LogP contribution in [0.3, 0.4) is 0 Å². The summed E-state index contributed by atoms with van der Waals surface area (Å²) in [7, 11) is 4.03. The molecule has 0 saturated heterocycles. The van der Waals surface area contributed by atoms with Crippen LogP contribution in [0.25, 0.3) is 21.3 Å². The second kappa shape index (κ2) is 11.1. The summed E-state index contributed by atoms with van der Waals surface area (Å²) in [6.45, 7) is 1.62. The van der Waals surface area contributed by atoms with Gasteiger partial charge in [0, 0.05) is 43.0 Å². The number of anilines is 2. The average Bonchev–Trinajstić information content (AvgIpc) is 3.46. The molecule has 1 saturated carbocycles. The summed E-state index contributed by atoms with van der Waals surface area (Å²) in [4.78, 5) is 25.4. The maximum absolute atomic E-state index is 12.6. The molecule has 4 aromatic rings. The maximum Gasteiger partial charge on any atom is 0.251 e. The number of hydrogen-bond donors (Lipinski definition) is 2. The number of para-hydroxylation sites is 1. The molecule has 0 radical (unpaired) electrons. The SMILES string of the molecule is CN(C)c1nc(NCC2CCC(CNC(=O)c3ccc(-c4cccs4)cc3)CC2)nc2ccccc12. The first kappa shape index (κ1) is 24.3. The molecule has 0 aliphatic heterocycles. The fourth-order valence-corrected chi connectivity index (χ4v) is 5.66. The number of fused-ring (bicyclic) bond motifs is 1. The molecule has 2 aromatic carbocycles. The van der Waals surface area contributed by atoms with E-state index in [2.05, 4.69) is 28.1 Å². The second-order valence-corrected chi connectivity index (χ2v) is 10.8. The first-order valence-corrected chi connectivity index (χ1v) is 13.5. The van der Waals surface area contributed by atoms with Crippen molar-refractivity contribution < 1.29 is 4.79 Å². The molecule has 1 aliphatic carbocycles. The molecule has 7 heteroatoms. The van der Waals surface area contributed by atoms with Gasteiger partial charge in [-0.15, -0.1) is 11.3 Å². The van der Waals surface area contributed by atoms with Crippen LogP contribution < -0.4 is 15.5 Å². The summed E-state index contributed by atoms with van der Waals surface area (Å²) >= 11 is 1.71. The monoisotopic (exact) mass is 499 g/mol. The zero-order chi connectivity index (χ0) is 24.9. The van der Waals surface area contributed by atoms with Crippen LogP contribution in [0.4, 0.5) is 11.8 Å². The molecule has 2 N–H and O–H groups in total. The van der Waals surface area contributed by atoms with Crippen LogP contribution in [-0.2, 0) is 0 Å². The van der Waals surface area contributed by atoms with E-state index in [0.29, 0.717) is 17.8 Å². The molecule has 2 aromatic heterocycles. The van der Waals surface area contributed by atoms with Gasteiger partial charge in [0.1, 0.15) is 5.82 Å². The molecular weight excluding hydrogens is 466 g/mol. The van der Waals surface area contributed by atoms with Gasteiger partial charge in [0.2, 0.25) is 5.95 Å². The van der Waals surface area contributed by atoms with Crippen molar-refractivity contribution in [2.45, 2.75) is 25.7 Å². The van der Waals surface area contributed by atoms with E-state index in [1.165, 1.54) is 4.88 Å². The minimum Gasteiger partial charge on any atom is -0.362 e. The molecule has 1 amide bonds. The van der Waals surface area contributed by atoms with Crippen LogP contribution in [0, 0.1) is 11.8 Å². The lowest BCUT2D eigenvalue weighted by Gasteiger charge is -2.29. The van der Waals surface area contributed by atoms with Crippen molar-refractivity contribution in [3.8, 4) is 10.4 Å². The van der Waals surface area contributed by atoms with Gasteiger partial charge in [-0.25, -0.2) is 4.98 Å². The highest BCUT2D eigenvalue weighted by Gasteiger charge is 2.22. The third kappa shape index (κ3) is 5.68. The van der Waals surface area contributed by atoms with E-state index in [1.54, 1.807) is 11.3 Å². The molecule has 2 heterocycles. The van der Waals surface area contributed by atoms with E-state index < -0.39 is 0 Å². The van der Waals surface area contributed by atoms with E-state index in [1.807, 2.05) is 67.5 Å². The number of thiophene rings is 1. The van der Waals surface area contributed by atoms with Crippen LogP contribution in [0.15, 0.2) is 66.0 Å². The summed E-state index contributed by atoms with van der Waals surface area (Å²) in [5, 5.41) is 9.77. The molecule has 1 aliphatic rings. The van der Waals surface area contributed by atoms with Crippen molar-refractivity contribution in [3.05, 3.63) is 71.6 Å². The molecule has 186 valence electrons. The number of benzene rings is 2. The maximum atomic E-state index is 12.6. The van der Waals surface area contributed by atoms with Gasteiger partial charge >= 0.3 is 0 Å². The van der Waals surface area contributed by atoms with Crippen LogP contribution in [0.2, 0.25) is 0 Å². The van der Waals surface area contributed by atoms with Crippen molar-refractivity contribution >= 4 is 39.9 Å². The third-order valence-electron chi connectivity index (χ3n) is 7.03. The molecule has 5 rings (SSSR count). The summed E-state index contributed by atoms with van der Waals surface area (Å²) in [6, 6.07) is 20.2. The van der Waals surface area contributed by atoms with Crippen molar-refractivity contribution in [1.82, 2.24) is 15.3 Å². The predicted octanol–water partition coefficient (Wildman–Crippen LogP) is 6.07. The lowest BCUT2D eigenvalue weighted by molar-refractivity contribution is 0.0941. The van der Waals surface area contributed by atoms with Gasteiger partial charge in [0.05, 0.1) is 5.52 Å². The topological polar surface area (TPSA) is 70.2 Å². The number of aromatic nitrogens is 2. The number of hydrogen-bond acceptors (Lipinski definition) is 6. The van der Waals surface area contributed by atoms with Crippen molar-refractivity contribution in [2.24, 2.45) is 11.8 Å². The normalized spacial score (nSPS) is 17.6. The van der Waals surface area contributed by atoms with Crippen LogP contribution >= 0.6 is 11.3 Å². The summed E-state index contributed by atoms with van der Waals surface area (Å²) in [6.07, 6.45) is 4.56. The Labute approximate surface area is 216 Å². The molecule has 36 heavy (non-hydrogen) atoms. The van der Waals surface area contributed by atoms with Gasteiger partial charge in [0.25, 0.3) is 5.91 Å². The van der Waals surface area contributed by atoms with Gasteiger partial charge in [0.15, 0.2) is 0 Å². The highest BCUT2D eigenvalue weighted by molar-refractivity contribution is 7.13. The van der Waals surface area contributed by atoms with Crippen molar-refractivity contribution in [3.63, 3.8) is 0 Å². The van der Waals surface area contributed by atoms with Gasteiger partial charge in [-0.2, -0.15) is 4.98 Å². The lowest BCUT2D eigenvalue weighted by Crippen LogP contribution is -2.32. The van der Waals surface area contributed by atoms with E-state index in [0.717, 1.165) is 66.6 Å². The smallest absolute Gasteiger partial charge is 0.251 e. The van der Waals surface area contributed by atoms with Gasteiger partial charge in [-0.1, -0.05) is 30.3 Å². The highest BCUT2D eigenvalue weighted by Crippen LogP contribution is 2.30. The predicted molar refractivity (Wildman–Crippen MR) is 150 cm³/mol. The fraction of sp³-hybridized carbons (Fsp3) is 0.345. The fourth-order valence-electron chi connectivity index (χ4n) is 4.92. The summed E-state index contributed by atoms with van der Waals surface area (Å²) in [5.41, 5.74) is 2.83. The van der Waals surface area contributed by atoms with Crippen LogP contribution in [-0.4, -0.2) is 43.1 Å². The van der Waals surface area contributed by atoms with Gasteiger partial charge < -0.3 is 15.5 Å². The van der Waals surface area contributed by atoms with E-state index in [9.17, 15) is 4.79 Å². The Morgan fingerprint density at radius 3 is 2.33 bits per heavy atom. The Morgan fingerprint density at radius 1 is 0.917 bits per heavy atom. The Kier molecular flexibility index (Phi) is 7.47. The minimum absolute atomic E-state index is 0.0154. The number of rotatable bonds is 8. The van der Waals surface area contributed by atoms with E-state index in [4.69, 9.17) is 9.97 Å². The van der Waals surface area contributed by atoms with Gasteiger partial charge in [-0.05, 0) is 78.8 Å². The van der Waals surface area contributed by atoms with Gasteiger partial charge in [-0.3, -0.25) is 4.79 Å². The molecular formula is C29H33N5OS. The second-order valence-electron chi connectivity index (χ2n) is 9.81.